The van der Waals surface area contributed by atoms with Crippen LogP contribution < -0.4 is 0 Å². The third-order valence-electron chi connectivity index (χ3n) is 4.69. The first-order valence-corrected chi connectivity index (χ1v) is 6.98. The second kappa shape index (κ2) is 4.78. The first-order chi connectivity index (χ1) is 8.76. The van der Waals surface area contributed by atoms with Crippen molar-refractivity contribution in [1.82, 2.24) is 9.80 Å². The lowest BCUT2D eigenvalue weighted by molar-refractivity contribution is -0.142. The van der Waals surface area contributed by atoms with Gasteiger partial charge in [-0.3, -0.25) is 9.59 Å². The molecule has 1 N–H and O–H groups in total. The number of carboxylic acids is 1. The minimum absolute atomic E-state index is 0.0280. The Hall–Kier alpha value is -1.10. The van der Waals surface area contributed by atoms with Gasteiger partial charge >= 0.3 is 5.97 Å². The van der Waals surface area contributed by atoms with Crippen LogP contribution >= 0.6 is 0 Å². The lowest BCUT2D eigenvalue weighted by Crippen LogP contribution is -2.43. The van der Waals surface area contributed by atoms with Gasteiger partial charge in [-0.05, 0) is 32.4 Å². The maximum Gasteiger partial charge on any atom is 0.307 e. The summed E-state index contributed by atoms with van der Waals surface area (Å²) in [6.07, 6.45) is 0.956. The number of hydrogen-bond acceptors (Lipinski definition) is 3. The molecule has 1 heterocycles. The third kappa shape index (κ3) is 2.48. The zero-order chi connectivity index (χ0) is 14.4. The number of rotatable bonds is 2. The van der Waals surface area contributed by atoms with E-state index in [-0.39, 0.29) is 17.9 Å². The summed E-state index contributed by atoms with van der Waals surface area (Å²) in [6, 6.07) is 0.158. The van der Waals surface area contributed by atoms with Crippen LogP contribution in [0.15, 0.2) is 0 Å². The predicted molar refractivity (Wildman–Crippen MR) is 71.7 cm³/mol. The molecule has 5 heteroatoms. The van der Waals surface area contributed by atoms with E-state index < -0.39 is 17.3 Å². The summed E-state index contributed by atoms with van der Waals surface area (Å²) in [5, 5.41) is 9.19. The van der Waals surface area contributed by atoms with E-state index in [1.165, 1.54) is 0 Å². The monoisotopic (exact) mass is 268 g/mol. The number of hydrogen-bond donors (Lipinski definition) is 1. The SMILES string of the molecule is CC1CN(C)CCCN1C(=O)C1C(C(=O)O)C1(C)C. The summed E-state index contributed by atoms with van der Waals surface area (Å²) in [4.78, 5) is 27.9. The summed E-state index contributed by atoms with van der Waals surface area (Å²) in [6.45, 7) is 8.39. The van der Waals surface area contributed by atoms with Crippen LogP contribution in [0.4, 0.5) is 0 Å². The fraction of sp³-hybridized carbons (Fsp3) is 0.857. The van der Waals surface area contributed by atoms with Crippen molar-refractivity contribution in [3.05, 3.63) is 0 Å². The molecule has 0 aromatic heterocycles. The number of carbonyl (C=O) groups is 2. The second-order valence-electron chi connectivity index (χ2n) is 6.61. The maximum atomic E-state index is 12.6. The summed E-state index contributed by atoms with van der Waals surface area (Å²) in [5.41, 5.74) is -0.402. The van der Waals surface area contributed by atoms with Crippen molar-refractivity contribution >= 4 is 11.9 Å². The van der Waals surface area contributed by atoms with Gasteiger partial charge in [0.2, 0.25) is 5.91 Å². The average Bonchev–Trinajstić information content (AvgIpc) is 2.90. The van der Waals surface area contributed by atoms with Crippen LogP contribution in [-0.4, -0.2) is 59.5 Å². The average molecular weight is 268 g/mol. The molecule has 0 aromatic carbocycles. The Morgan fingerprint density at radius 2 is 1.84 bits per heavy atom. The van der Waals surface area contributed by atoms with Crippen LogP contribution in [0.1, 0.15) is 27.2 Å². The van der Waals surface area contributed by atoms with Crippen molar-refractivity contribution in [2.75, 3.05) is 26.7 Å². The molecule has 19 heavy (non-hydrogen) atoms. The molecule has 1 aliphatic heterocycles. The van der Waals surface area contributed by atoms with Gasteiger partial charge in [0.05, 0.1) is 11.8 Å². The van der Waals surface area contributed by atoms with Gasteiger partial charge in [-0.2, -0.15) is 0 Å². The summed E-state index contributed by atoms with van der Waals surface area (Å²) in [7, 11) is 2.06. The molecule has 1 saturated carbocycles. The molecule has 0 bridgehead atoms. The van der Waals surface area contributed by atoms with E-state index in [9.17, 15) is 14.7 Å². The Morgan fingerprint density at radius 3 is 2.37 bits per heavy atom. The van der Waals surface area contributed by atoms with Gasteiger partial charge in [0.1, 0.15) is 0 Å². The highest BCUT2D eigenvalue weighted by molar-refractivity contribution is 5.91. The van der Waals surface area contributed by atoms with Crippen LogP contribution in [0.5, 0.6) is 0 Å². The lowest BCUT2D eigenvalue weighted by Gasteiger charge is -2.28. The zero-order valence-electron chi connectivity index (χ0n) is 12.2. The molecule has 1 amide bonds. The number of amides is 1. The topological polar surface area (TPSA) is 60.9 Å². The van der Waals surface area contributed by atoms with Crippen LogP contribution in [0, 0.1) is 17.3 Å². The van der Waals surface area contributed by atoms with E-state index in [1.807, 2.05) is 25.7 Å². The van der Waals surface area contributed by atoms with E-state index in [4.69, 9.17) is 0 Å². The molecule has 3 atom stereocenters. The van der Waals surface area contributed by atoms with E-state index in [1.54, 1.807) is 0 Å². The van der Waals surface area contributed by atoms with Crippen molar-refractivity contribution in [2.24, 2.45) is 17.3 Å². The predicted octanol–water partition coefficient (Wildman–Crippen LogP) is 0.896. The van der Waals surface area contributed by atoms with Crippen LogP contribution in [0.2, 0.25) is 0 Å². The third-order valence-corrected chi connectivity index (χ3v) is 4.69. The van der Waals surface area contributed by atoms with E-state index in [0.717, 1.165) is 26.1 Å². The molecular weight excluding hydrogens is 244 g/mol. The van der Waals surface area contributed by atoms with Crippen molar-refractivity contribution < 1.29 is 14.7 Å². The van der Waals surface area contributed by atoms with Crippen molar-refractivity contribution in [3.8, 4) is 0 Å². The molecule has 2 rings (SSSR count). The first kappa shape index (κ1) is 14.3. The van der Waals surface area contributed by atoms with Gasteiger partial charge in [0.25, 0.3) is 0 Å². The number of aliphatic carboxylic acids is 1. The molecular formula is C14H24N2O3. The molecule has 2 fully saturated rings. The zero-order valence-corrected chi connectivity index (χ0v) is 12.2. The van der Waals surface area contributed by atoms with Gasteiger partial charge in [0, 0.05) is 19.1 Å². The standard InChI is InChI=1S/C14H24N2O3/c1-9-8-15(4)6-5-7-16(9)12(17)10-11(13(18)19)14(10,2)3/h9-11H,5-8H2,1-4H3,(H,18,19). The van der Waals surface area contributed by atoms with E-state index in [0.29, 0.717) is 0 Å². The van der Waals surface area contributed by atoms with Gasteiger partial charge < -0.3 is 14.9 Å². The number of nitrogens with zero attached hydrogens (tertiary/aromatic N) is 2. The Balaban J connectivity index is 2.10. The van der Waals surface area contributed by atoms with Crippen LogP contribution in [0.25, 0.3) is 0 Å². The fourth-order valence-corrected chi connectivity index (χ4v) is 3.44. The Bertz CT molecular complexity index is 394. The molecule has 0 spiro atoms. The van der Waals surface area contributed by atoms with E-state index in [2.05, 4.69) is 11.9 Å². The number of carboxylic acid groups (broad SMARTS) is 1. The molecule has 2 aliphatic rings. The quantitative estimate of drug-likeness (QED) is 0.808. The summed E-state index contributed by atoms with van der Waals surface area (Å²) < 4.78 is 0. The maximum absolute atomic E-state index is 12.6. The highest BCUT2D eigenvalue weighted by Gasteiger charge is 2.66. The molecule has 0 radical (unpaired) electrons. The van der Waals surface area contributed by atoms with Gasteiger partial charge in [-0.1, -0.05) is 13.8 Å². The fourth-order valence-electron chi connectivity index (χ4n) is 3.44. The molecule has 1 aliphatic carbocycles. The Labute approximate surface area is 114 Å². The highest BCUT2D eigenvalue weighted by atomic mass is 16.4. The summed E-state index contributed by atoms with van der Waals surface area (Å²) in [5.74, 6) is -1.69. The van der Waals surface area contributed by atoms with Gasteiger partial charge in [-0.25, -0.2) is 0 Å². The summed E-state index contributed by atoms with van der Waals surface area (Å²) >= 11 is 0. The molecule has 0 aromatic rings. The molecule has 3 unspecified atom stereocenters. The Morgan fingerprint density at radius 1 is 1.21 bits per heavy atom. The van der Waals surface area contributed by atoms with E-state index >= 15 is 0 Å². The molecule has 108 valence electrons. The van der Waals surface area contributed by atoms with Crippen molar-refractivity contribution in [3.63, 3.8) is 0 Å². The number of likely N-dealkylation sites (N-methyl/N-ethyl adjacent to an activating group) is 1. The Kier molecular flexibility index (Phi) is 3.60. The lowest BCUT2D eigenvalue weighted by atomic mass is 10.1. The second-order valence-corrected chi connectivity index (χ2v) is 6.61. The van der Waals surface area contributed by atoms with Gasteiger partial charge in [0.15, 0.2) is 0 Å². The molecule has 5 nitrogen and oxygen atoms in total. The highest BCUT2D eigenvalue weighted by Crippen LogP contribution is 2.59. The largest absolute Gasteiger partial charge is 0.481 e. The van der Waals surface area contributed by atoms with Crippen molar-refractivity contribution in [1.29, 1.82) is 0 Å². The smallest absolute Gasteiger partial charge is 0.307 e. The van der Waals surface area contributed by atoms with Crippen LogP contribution in [-0.2, 0) is 9.59 Å². The van der Waals surface area contributed by atoms with Crippen molar-refractivity contribution in [2.45, 2.75) is 33.2 Å². The van der Waals surface area contributed by atoms with Gasteiger partial charge in [-0.15, -0.1) is 0 Å². The minimum Gasteiger partial charge on any atom is -0.481 e. The minimum atomic E-state index is -0.844. The number of carbonyl (C=O) groups excluding carboxylic acids is 1. The van der Waals surface area contributed by atoms with Crippen LogP contribution in [0.3, 0.4) is 0 Å². The first-order valence-electron chi connectivity index (χ1n) is 6.98. The normalized spacial score (nSPS) is 34.7. The molecule has 1 saturated heterocycles.